The van der Waals surface area contributed by atoms with Gasteiger partial charge in [-0.05, 0) is 37.1 Å². The predicted molar refractivity (Wildman–Crippen MR) is 88.9 cm³/mol. The van der Waals surface area contributed by atoms with Crippen LogP contribution in [-0.2, 0) is 17.8 Å². The Kier molecular flexibility index (Phi) is 6.56. The summed E-state index contributed by atoms with van der Waals surface area (Å²) in [4.78, 5) is 12.0. The Morgan fingerprint density at radius 3 is 2.61 bits per heavy atom. The second-order valence-electron chi connectivity index (χ2n) is 5.05. The van der Waals surface area contributed by atoms with Crippen LogP contribution < -0.4 is 10.6 Å². The Morgan fingerprint density at radius 2 is 1.87 bits per heavy atom. The first-order valence-electron chi connectivity index (χ1n) is 7.64. The predicted octanol–water partition coefficient (Wildman–Crippen LogP) is 3.73. The van der Waals surface area contributed by atoms with Crippen LogP contribution in [-0.4, -0.2) is 19.2 Å². The van der Waals surface area contributed by atoms with Gasteiger partial charge in [-0.1, -0.05) is 30.3 Å². The van der Waals surface area contributed by atoms with Gasteiger partial charge in [-0.2, -0.15) is 0 Å². The molecule has 0 aliphatic heterocycles. The Labute approximate surface area is 135 Å². The minimum Gasteiger partial charge on any atom is -0.377 e. The van der Waals surface area contributed by atoms with Crippen molar-refractivity contribution in [1.29, 1.82) is 0 Å². The van der Waals surface area contributed by atoms with Crippen LogP contribution in [0.3, 0.4) is 0 Å². The van der Waals surface area contributed by atoms with Crippen molar-refractivity contribution in [3.63, 3.8) is 0 Å². The molecular weight excluding hydrogens is 295 g/mol. The summed E-state index contributed by atoms with van der Waals surface area (Å²) in [6.45, 7) is 3.49. The number of carbonyl (C=O) groups excluding carboxylic acids is 1. The number of ether oxygens (including phenoxy) is 1. The van der Waals surface area contributed by atoms with E-state index in [1.54, 1.807) is 12.1 Å². The number of amides is 2. The summed E-state index contributed by atoms with van der Waals surface area (Å²) in [5.41, 5.74) is 2.65. The third-order valence-corrected chi connectivity index (χ3v) is 3.34. The highest BCUT2D eigenvalue weighted by atomic mass is 19.1. The number of hydrogen-bond acceptors (Lipinski definition) is 2. The third-order valence-electron chi connectivity index (χ3n) is 3.34. The molecule has 122 valence electrons. The first-order chi connectivity index (χ1) is 11.2. The Bertz CT molecular complexity index is 629. The van der Waals surface area contributed by atoms with E-state index in [1.165, 1.54) is 12.1 Å². The molecule has 0 saturated carbocycles. The van der Waals surface area contributed by atoms with Gasteiger partial charge in [0.25, 0.3) is 0 Å². The molecule has 2 amide bonds. The minimum atomic E-state index is -0.268. The van der Waals surface area contributed by atoms with Gasteiger partial charge in [0, 0.05) is 24.4 Å². The van der Waals surface area contributed by atoms with Gasteiger partial charge in [0.05, 0.1) is 6.61 Å². The fraction of sp³-hybridized carbons (Fsp3) is 0.278. The molecule has 2 rings (SSSR count). The number of halogens is 1. The lowest BCUT2D eigenvalue weighted by Crippen LogP contribution is -2.30. The lowest BCUT2D eigenvalue weighted by molar-refractivity contribution is 0.134. The molecule has 0 aromatic heterocycles. The maximum Gasteiger partial charge on any atom is 0.319 e. The van der Waals surface area contributed by atoms with Crippen LogP contribution in [0.25, 0.3) is 0 Å². The molecule has 2 aromatic rings. The summed E-state index contributed by atoms with van der Waals surface area (Å²) in [6, 6.07) is 13.5. The van der Waals surface area contributed by atoms with E-state index in [-0.39, 0.29) is 11.8 Å². The molecule has 4 nitrogen and oxygen atoms in total. The monoisotopic (exact) mass is 316 g/mol. The van der Waals surface area contributed by atoms with E-state index < -0.39 is 0 Å². The van der Waals surface area contributed by atoms with E-state index >= 15 is 0 Å². The molecule has 0 aliphatic rings. The number of rotatable bonds is 7. The second kappa shape index (κ2) is 8.90. The summed E-state index contributed by atoms with van der Waals surface area (Å²) >= 11 is 0. The number of hydrogen-bond donors (Lipinski definition) is 2. The summed E-state index contributed by atoms with van der Waals surface area (Å²) < 4.78 is 18.2. The van der Waals surface area contributed by atoms with E-state index in [1.807, 2.05) is 31.2 Å². The highest BCUT2D eigenvalue weighted by Gasteiger charge is 2.06. The van der Waals surface area contributed by atoms with Gasteiger partial charge in [0.2, 0.25) is 0 Å². The van der Waals surface area contributed by atoms with E-state index in [0.29, 0.717) is 26.2 Å². The van der Waals surface area contributed by atoms with Crippen molar-refractivity contribution in [3.8, 4) is 0 Å². The molecule has 0 bridgehead atoms. The molecule has 0 spiro atoms. The Hall–Kier alpha value is -2.40. The van der Waals surface area contributed by atoms with Crippen LogP contribution >= 0.6 is 0 Å². The molecule has 0 heterocycles. The fourth-order valence-corrected chi connectivity index (χ4v) is 2.12. The molecule has 2 N–H and O–H groups in total. The normalized spacial score (nSPS) is 10.3. The highest BCUT2D eigenvalue weighted by Crippen LogP contribution is 2.15. The number of urea groups is 1. The molecule has 0 saturated heterocycles. The van der Waals surface area contributed by atoms with Crippen molar-refractivity contribution in [2.75, 3.05) is 18.5 Å². The van der Waals surface area contributed by atoms with Crippen molar-refractivity contribution in [1.82, 2.24) is 5.32 Å². The summed E-state index contributed by atoms with van der Waals surface area (Å²) in [7, 11) is 0. The number of anilines is 1. The van der Waals surface area contributed by atoms with Gasteiger partial charge >= 0.3 is 6.03 Å². The molecule has 23 heavy (non-hydrogen) atoms. The topological polar surface area (TPSA) is 50.4 Å². The van der Waals surface area contributed by atoms with Crippen LogP contribution in [0.15, 0.2) is 48.5 Å². The molecule has 0 radical (unpaired) electrons. The molecule has 0 fully saturated rings. The highest BCUT2D eigenvalue weighted by molar-refractivity contribution is 5.90. The smallest absolute Gasteiger partial charge is 0.319 e. The minimum absolute atomic E-state index is 0.259. The van der Waals surface area contributed by atoms with E-state index in [2.05, 4.69) is 10.6 Å². The molecule has 0 unspecified atom stereocenters. The van der Waals surface area contributed by atoms with Gasteiger partial charge < -0.3 is 15.4 Å². The van der Waals surface area contributed by atoms with Gasteiger partial charge in [-0.3, -0.25) is 0 Å². The Balaban J connectivity index is 1.81. The van der Waals surface area contributed by atoms with Crippen molar-refractivity contribution in [2.24, 2.45) is 0 Å². The summed E-state index contributed by atoms with van der Waals surface area (Å²) in [5, 5.41) is 5.62. The van der Waals surface area contributed by atoms with E-state index in [4.69, 9.17) is 4.74 Å². The zero-order valence-electron chi connectivity index (χ0n) is 13.1. The molecule has 0 aliphatic carbocycles. The molecular formula is C18H21FN2O2. The van der Waals surface area contributed by atoms with Crippen molar-refractivity contribution < 1.29 is 13.9 Å². The first kappa shape index (κ1) is 17.0. The molecule has 2 aromatic carbocycles. The van der Waals surface area contributed by atoms with Gasteiger partial charge in [-0.15, -0.1) is 0 Å². The molecule has 5 heteroatoms. The standard InChI is InChI=1S/C18H21FN2O2/c1-2-23-13-15-5-3-4-6-17(15)21-18(22)20-12-11-14-7-9-16(19)10-8-14/h3-10H,2,11-13H2,1H3,(H2,20,21,22). The Morgan fingerprint density at radius 1 is 1.13 bits per heavy atom. The van der Waals surface area contributed by atoms with Crippen molar-refractivity contribution in [2.45, 2.75) is 20.0 Å². The number of nitrogens with one attached hydrogen (secondary N) is 2. The van der Waals surface area contributed by atoms with Crippen LogP contribution in [0.2, 0.25) is 0 Å². The molecule has 0 atom stereocenters. The SMILES string of the molecule is CCOCc1ccccc1NC(=O)NCCc1ccc(F)cc1. The first-order valence-corrected chi connectivity index (χ1v) is 7.64. The van der Waals surface area contributed by atoms with Crippen LogP contribution in [0.4, 0.5) is 14.9 Å². The van der Waals surface area contributed by atoms with Crippen LogP contribution in [0.1, 0.15) is 18.1 Å². The fourth-order valence-electron chi connectivity index (χ4n) is 2.12. The summed E-state index contributed by atoms with van der Waals surface area (Å²) in [5.74, 6) is -0.259. The number of carbonyl (C=O) groups is 1. The zero-order chi connectivity index (χ0) is 16.5. The number of para-hydroxylation sites is 1. The lowest BCUT2D eigenvalue weighted by Gasteiger charge is -2.12. The van der Waals surface area contributed by atoms with Gasteiger partial charge in [0.15, 0.2) is 0 Å². The van der Waals surface area contributed by atoms with E-state index in [0.717, 1.165) is 16.8 Å². The van der Waals surface area contributed by atoms with Crippen LogP contribution in [0.5, 0.6) is 0 Å². The van der Waals surface area contributed by atoms with E-state index in [9.17, 15) is 9.18 Å². The quantitative estimate of drug-likeness (QED) is 0.818. The maximum atomic E-state index is 12.8. The largest absolute Gasteiger partial charge is 0.377 e. The zero-order valence-corrected chi connectivity index (χ0v) is 13.1. The van der Waals surface area contributed by atoms with Crippen molar-refractivity contribution >= 4 is 11.7 Å². The lowest BCUT2D eigenvalue weighted by atomic mass is 10.1. The van der Waals surface area contributed by atoms with Gasteiger partial charge in [0.1, 0.15) is 5.82 Å². The third kappa shape index (κ3) is 5.71. The maximum absolute atomic E-state index is 12.8. The van der Waals surface area contributed by atoms with Gasteiger partial charge in [-0.25, -0.2) is 9.18 Å². The van der Waals surface area contributed by atoms with Crippen LogP contribution in [0, 0.1) is 5.82 Å². The second-order valence-corrected chi connectivity index (χ2v) is 5.05. The number of benzene rings is 2. The summed E-state index contributed by atoms with van der Waals surface area (Å²) in [6.07, 6.45) is 0.647. The van der Waals surface area contributed by atoms with Crippen molar-refractivity contribution in [3.05, 3.63) is 65.5 Å². The average Bonchev–Trinajstić information content (AvgIpc) is 2.56. The average molecular weight is 316 g/mol.